The first kappa shape index (κ1) is 22.9. The summed E-state index contributed by atoms with van der Waals surface area (Å²) < 4.78 is 0. The third-order valence-corrected chi connectivity index (χ3v) is 1.51. The fraction of sp³-hybridized carbons (Fsp3) is 0.0667. The van der Waals surface area contributed by atoms with Crippen molar-refractivity contribution in [3.63, 3.8) is 0 Å². The lowest BCUT2D eigenvalue weighted by Crippen LogP contribution is -1.56. The number of aromatic hydroxyl groups is 2. The maximum atomic E-state index is 8.63. The summed E-state index contributed by atoms with van der Waals surface area (Å²) in [5.41, 5.74) is 0. The van der Waals surface area contributed by atoms with Crippen LogP contribution in [0.1, 0.15) is 7.43 Å². The van der Waals surface area contributed by atoms with Crippen molar-refractivity contribution in [2.45, 2.75) is 7.43 Å². The SMILES string of the molecule is C.N=C=O.N=C=O.Oc1ccccc1.Oc1ccccc1. The van der Waals surface area contributed by atoms with Crippen LogP contribution >= 0.6 is 0 Å². The van der Waals surface area contributed by atoms with Crippen molar-refractivity contribution >= 4 is 12.2 Å². The number of para-hydroxylation sites is 2. The maximum absolute atomic E-state index is 8.63. The van der Waals surface area contributed by atoms with E-state index in [2.05, 4.69) is 0 Å². The molecule has 0 aliphatic rings. The first-order valence-corrected chi connectivity index (χ1v) is 5.18. The lowest BCUT2D eigenvalue weighted by molar-refractivity contribution is 0.475. The predicted molar refractivity (Wildman–Crippen MR) is 79.8 cm³/mol. The van der Waals surface area contributed by atoms with Crippen LogP contribution in [0.4, 0.5) is 0 Å². The molecule has 2 aromatic carbocycles. The molecule has 112 valence electrons. The van der Waals surface area contributed by atoms with E-state index in [1.165, 1.54) is 0 Å². The topological polar surface area (TPSA) is 122 Å². The van der Waals surface area contributed by atoms with Crippen LogP contribution in [0.5, 0.6) is 11.5 Å². The summed E-state index contributed by atoms with van der Waals surface area (Å²) in [4.78, 5) is 16.7. The molecule has 0 bridgehead atoms. The minimum atomic E-state index is 0. The Hall–Kier alpha value is -3.20. The van der Waals surface area contributed by atoms with Crippen molar-refractivity contribution in [3.05, 3.63) is 60.7 Å². The van der Waals surface area contributed by atoms with Gasteiger partial charge in [0, 0.05) is 0 Å². The van der Waals surface area contributed by atoms with Crippen molar-refractivity contribution in [1.29, 1.82) is 10.8 Å². The molecule has 0 saturated carbocycles. The summed E-state index contributed by atoms with van der Waals surface area (Å²) in [6.45, 7) is 0. The predicted octanol–water partition coefficient (Wildman–Crippen LogP) is 3.22. The Bertz CT molecular complexity index is 454. The van der Waals surface area contributed by atoms with Crippen LogP contribution in [0.2, 0.25) is 0 Å². The average molecular weight is 290 g/mol. The molecule has 0 spiro atoms. The van der Waals surface area contributed by atoms with Crippen molar-refractivity contribution in [2.24, 2.45) is 0 Å². The van der Waals surface area contributed by atoms with Gasteiger partial charge in [-0.3, -0.25) is 0 Å². The Balaban J connectivity index is -0.000000220. The van der Waals surface area contributed by atoms with Gasteiger partial charge in [0.05, 0.1) is 0 Å². The van der Waals surface area contributed by atoms with Gasteiger partial charge in [-0.1, -0.05) is 43.8 Å². The minimum Gasteiger partial charge on any atom is -0.508 e. The zero-order valence-electron chi connectivity index (χ0n) is 10.5. The second-order valence-electron chi connectivity index (χ2n) is 2.88. The van der Waals surface area contributed by atoms with Gasteiger partial charge < -0.3 is 10.2 Å². The zero-order valence-corrected chi connectivity index (χ0v) is 10.5. The minimum absolute atomic E-state index is 0. The highest BCUT2D eigenvalue weighted by atomic mass is 16.3. The molecular formula is C15H18N2O4. The lowest BCUT2D eigenvalue weighted by atomic mass is 10.3. The molecule has 0 heterocycles. The molecule has 0 saturated heterocycles. The highest BCUT2D eigenvalue weighted by Crippen LogP contribution is 2.03. The zero-order chi connectivity index (χ0) is 15.6. The molecule has 6 heteroatoms. The van der Waals surface area contributed by atoms with E-state index < -0.39 is 0 Å². The van der Waals surface area contributed by atoms with Gasteiger partial charge in [0.1, 0.15) is 11.5 Å². The maximum Gasteiger partial charge on any atom is 0.231 e. The van der Waals surface area contributed by atoms with E-state index in [0.717, 1.165) is 12.2 Å². The molecule has 0 aromatic heterocycles. The Labute approximate surface area is 123 Å². The molecule has 0 fully saturated rings. The van der Waals surface area contributed by atoms with Crippen LogP contribution in [-0.4, -0.2) is 22.4 Å². The Kier molecular flexibility index (Phi) is 20.9. The van der Waals surface area contributed by atoms with Gasteiger partial charge in [-0.15, -0.1) is 0 Å². The van der Waals surface area contributed by atoms with Crippen molar-refractivity contribution in [1.82, 2.24) is 0 Å². The van der Waals surface area contributed by atoms with Gasteiger partial charge >= 0.3 is 0 Å². The van der Waals surface area contributed by atoms with Gasteiger partial charge in [-0.25, -0.2) is 20.4 Å². The summed E-state index contributed by atoms with van der Waals surface area (Å²) in [6, 6.07) is 17.4. The number of isocyanates is 2. The number of phenols is 2. The van der Waals surface area contributed by atoms with Crippen molar-refractivity contribution < 1.29 is 19.8 Å². The summed E-state index contributed by atoms with van der Waals surface area (Å²) in [7, 11) is 0. The molecule has 0 aliphatic heterocycles. The number of carbonyl (C=O) groups excluding carboxylic acids is 2. The van der Waals surface area contributed by atoms with Crippen molar-refractivity contribution in [2.75, 3.05) is 0 Å². The smallest absolute Gasteiger partial charge is 0.231 e. The highest BCUT2D eigenvalue weighted by molar-refractivity contribution is 5.26. The van der Waals surface area contributed by atoms with Gasteiger partial charge in [0.15, 0.2) is 0 Å². The second-order valence-corrected chi connectivity index (χ2v) is 2.88. The van der Waals surface area contributed by atoms with Crippen LogP contribution in [-0.2, 0) is 9.59 Å². The van der Waals surface area contributed by atoms with Crippen LogP contribution in [0.15, 0.2) is 60.7 Å². The van der Waals surface area contributed by atoms with E-state index in [0.29, 0.717) is 11.5 Å². The molecule has 0 amide bonds. The third-order valence-electron chi connectivity index (χ3n) is 1.51. The number of hydrogen-bond donors (Lipinski definition) is 4. The largest absolute Gasteiger partial charge is 0.508 e. The number of benzene rings is 2. The lowest BCUT2D eigenvalue weighted by Gasteiger charge is -1.82. The monoisotopic (exact) mass is 290 g/mol. The summed E-state index contributed by atoms with van der Waals surface area (Å²) in [5.74, 6) is 0.644. The van der Waals surface area contributed by atoms with Crippen LogP contribution in [0.3, 0.4) is 0 Å². The van der Waals surface area contributed by atoms with E-state index in [-0.39, 0.29) is 7.43 Å². The number of hydrogen-bond acceptors (Lipinski definition) is 6. The van der Waals surface area contributed by atoms with Gasteiger partial charge in [0.2, 0.25) is 12.2 Å². The quantitative estimate of drug-likeness (QED) is 0.439. The van der Waals surface area contributed by atoms with E-state index >= 15 is 0 Å². The van der Waals surface area contributed by atoms with Crippen LogP contribution in [0.25, 0.3) is 0 Å². The summed E-state index contributed by atoms with van der Waals surface area (Å²) in [6.07, 6.45) is 1.50. The fourth-order valence-corrected chi connectivity index (χ4v) is 0.856. The number of nitrogens with one attached hydrogen (secondary N) is 2. The fourth-order valence-electron chi connectivity index (χ4n) is 0.856. The first-order valence-electron chi connectivity index (χ1n) is 5.18. The molecule has 4 N–H and O–H groups in total. The highest BCUT2D eigenvalue weighted by Gasteiger charge is 1.75. The van der Waals surface area contributed by atoms with Gasteiger partial charge in [0.25, 0.3) is 0 Å². The summed E-state index contributed by atoms with van der Waals surface area (Å²) >= 11 is 0. The van der Waals surface area contributed by atoms with E-state index in [1.807, 2.05) is 12.1 Å². The molecule has 2 aromatic rings. The Morgan fingerprint density at radius 3 is 0.952 bits per heavy atom. The van der Waals surface area contributed by atoms with Crippen molar-refractivity contribution in [3.8, 4) is 11.5 Å². The molecular weight excluding hydrogens is 272 g/mol. The normalized spacial score (nSPS) is 6.48. The van der Waals surface area contributed by atoms with Crippen LogP contribution in [0, 0.1) is 10.8 Å². The first-order chi connectivity index (χ1) is 9.62. The van der Waals surface area contributed by atoms with Gasteiger partial charge in [-0.05, 0) is 24.3 Å². The molecule has 2 rings (SSSR count). The molecule has 21 heavy (non-hydrogen) atoms. The van der Waals surface area contributed by atoms with E-state index in [9.17, 15) is 0 Å². The molecule has 0 unspecified atom stereocenters. The van der Waals surface area contributed by atoms with E-state index in [4.69, 9.17) is 30.6 Å². The Morgan fingerprint density at radius 1 is 0.667 bits per heavy atom. The van der Waals surface area contributed by atoms with E-state index in [1.54, 1.807) is 48.5 Å². The molecule has 0 atom stereocenters. The van der Waals surface area contributed by atoms with Gasteiger partial charge in [-0.2, -0.15) is 0 Å². The third kappa shape index (κ3) is 22.5. The Morgan fingerprint density at radius 2 is 0.857 bits per heavy atom. The average Bonchev–Trinajstić information content (AvgIpc) is 2.43. The number of rotatable bonds is 0. The number of phenolic OH excluding ortho intramolecular Hbond substituents is 2. The standard InChI is InChI=1S/2C6H6O.2CHNO.CH4/c2*7-6-4-2-1-3-5-6;2*2-1-3;/h2*1-5,7H;2*2H;1H4. The second kappa shape index (κ2) is 19.1. The molecule has 0 aliphatic carbocycles. The molecule has 6 nitrogen and oxygen atoms in total. The summed E-state index contributed by atoms with van der Waals surface area (Å²) in [5, 5.41) is 28.1. The van der Waals surface area contributed by atoms with Crippen LogP contribution < -0.4 is 0 Å². The molecule has 0 radical (unpaired) electrons.